The summed E-state index contributed by atoms with van der Waals surface area (Å²) in [6, 6.07) is 8.80. The number of allylic oxidation sites excluding steroid dienone is 1. The average molecular weight is 359 g/mol. The van der Waals surface area contributed by atoms with Gasteiger partial charge in [0.15, 0.2) is 5.96 Å². The molecule has 0 spiro atoms. The van der Waals surface area contributed by atoms with E-state index in [1.54, 1.807) is 0 Å². The van der Waals surface area contributed by atoms with E-state index in [-0.39, 0.29) is 0 Å². The van der Waals surface area contributed by atoms with Crippen molar-refractivity contribution < 1.29 is 4.74 Å². The van der Waals surface area contributed by atoms with Crippen molar-refractivity contribution in [3.63, 3.8) is 0 Å². The van der Waals surface area contributed by atoms with Gasteiger partial charge in [0.25, 0.3) is 0 Å². The molecule has 0 unspecified atom stereocenters. The highest BCUT2D eigenvalue weighted by atomic mass is 16.5. The van der Waals surface area contributed by atoms with Crippen molar-refractivity contribution in [1.82, 2.24) is 10.2 Å². The quantitative estimate of drug-likeness (QED) is 0.318. The molecule has 1 saturated heterocycles. The van der Waals surface area contributed by atoms with E-state index in [1.165, 1.54) is 30.5 Å². The topological polar surface area (TPSA) is 40.1 Å². The van der Waals surface area contributed by atoms with Gasteiger partial charge in [-0.15, -0.1) is 6.58 Å². The van der Waals surface area contributed by atoms with Crippen LogP contribution in [0, 0.1) is 0 Å². The van der Waals surface area contributed by atoms with Gasteiger partial charge in [-0.05, 0) is 37.0 Å². The predicted molar refractivity (Wildman–Crippen MR) is 111 cm³/mol. The first-order valence-corrected chi connectivity index (χ1v) is 9.69. The lowest BCUT2D eigenvalue weighted by atomic mass is 10.2. The third kappa shape index (κ3) is 6.71. The molecular formula is C21H34N4O. The molecule has 0 bridgehead atoms. The van der Waals surface area contributed by atoms with Crippen molar-refractivity contribution in [2.75, 3.05) is 51.8 Å². The van der Waals surface area contributed by atoms with Gasteiger partial charge in [0.1, 0.15) is 0 Å². The first kappa shape index (κ1) is 20.3. The third-order valence-electron chi connectivity index (χ3n) is 4.74. The molecule has 144 valence electrons. The summed E-state index contributed by atoms with van der Waals surface area (Å²) >= 11 is 0. The zero-order valence-electron chi connectivity index (χ0n) is 16.4. The van der Waals surface area contributed by atoms with Crippen LogP contribution in [0.4, 0.5) is 5.69 Å². The molecule has 1 aromatic rings. The van der Waals surface area contributed by atoms with E-state index < -0.39 is 0 Å². The first-order valence-electron chi connectivity index (χ1n) is 9.69. The van der Waals surface area contributed by atoms with Crippen LogP contribution in [0.15, 0.2) is 41.9 Å². The Bertz CT molecular complexity index is 550. The van der Waals surface area contributed by atoms with Gasteiger partial charge in [-0.3, -0.25) is 4.99 Å². The Balaban J connectivity index is 1.75. The molecular weight excluding hydrogens is 324 g/mol. The SMILES string of the molecule is C=CCCCCCN(C)C(=NC)NCc1ccc(N2CCOCC2)cc1. The normalized spacial score (nSPS) is 15.0. The smallest absolute Gasteiger partial charge is 0.193 e. The van der Waals surface area contributed by atoms with E-state index >= 15 is 0 Å². The maximum absolute atomic E-state index is 5.42. The van der Waals surface area contributed by atoms with Gasteiger partial charge in [-0.2, -0.15) is 0 Å². The Morgan fingerprint density at radius 3 is 2.62 bits per heavy atom. The molecule has 1 N–H and O–H groups in total. The van der Waals surface area contributed by atoms with Crippen molar-refractivity contribution in [2.24, 2.45) is 4.99 Å². The minimum Gasteiger partial charge on any atom is -0.378 e. The van der Waals surface area contributed by atoms with Gasteiger partial charge in [0, 0.05) is 46.0 Å². The second-order valence-corrected chi connectivity index (χ2v) is 6.73. The van der Waals surface area contributed by atoms with Crippen LogP contribution < -0.4 is 10.2 Å². The number of hydrogen-bond acceptors (Lipinski definition) is 3. The Kier molecular flexibility index (Phi) is 9.04. The maximum Gasteiger partial charge on any atom is 0.193 e. The summed E-state index contributed by atoms with van der Waals surface area (Å²) in [5, 5.41) is 3.46. The summed E-state index contributed by atoms with van der Waals surface area (Å²) in [6.07, 6.45) is 6.74. The summed E-state index contributed by atoms with van der Waals surface area (Å²) in [7, 11) is 3.95. The van der Waals surface area contributed by atoms with Crippen molar-refractivity contribution in [3.8, 4) is 0 Å². The van der Waals surface area contributed by atoms with Gasteiger partial charge < -0.3 is 19.9 Å². The maximum atomic E-state index is 5.42. The van der Waals surface area contributed by atoms with Crippen LogP contribution >= 0.6 is 0 Å². The molecule has 5 heteroatoms. The Morgan fingerprint density at radius 1 is 1.23 bits per heavy atom. The molecule has 26 heavy (non-hydrogen) atoms. The monoisotopic (exact) mass is 358 g/mol. The Hall–Kier alpha value is -2.01. The molecule has 0 saturated carbocycles. The molecule has 2 rings (SSSR count). The lowest BCUT2D eigenvalue weighted by molar-refractivity contribution is 0.122. The van der Waals surface area contributed by atoms with Gasteiger partial charge in [0.2, 0.25) is 0 Å². The van der Waals surface area contributed by atoms with E-state index in [4.69, 9.17) is 4.74 Å². The number of nitrogens with one attached hydrogen (secondary N) is 1. The third-order valence-corrected chi connectivity index (χ3v) is 4.74. The molecule has 1 fully saturated rings. The largest absolute Gasteiger partial charge is 0.378 e. The minimum atomic E-state index is 0.789. The van der Waals surface area contributed by atoms with Crippen LogP contribution in [0.2, 0.25) is 0 Å². The van der Waals surface area contributed by atoms with Crippen molar-refractivity contribution in [2.45, 2.75) is 32.2 Å². The van der Waals surface area contributed by atoms with Crippen LogP contribution in [-0.2, 0) is 11.3 Å². The van der Waals surface area contributed by atoms with E-state index in [0.29, 0.717) is 0 Å². The van der Waals surface area contributed by atoms with Crippen LogP contribution in [0.25, 0.3) is 0 Å². The molecule has 1 heterocycles. The molecule has 0 aromatic heterocycles. The van der Waals surface area contributed by atoms with Crippen LogP contribution in [0.5, 0.6) is 0 Å². The number of hydrogen-bond donors (Lipinski definition) is 1. The highest BCUT2D eigenvalue weighted by molar-refractivity contribution is 5.79. The molecule has 1 aliphatic rings. The van der Waals surface area contributed by atoms with E-state index in [1.807, 2.05) is 13.1 Å². The first-order chi connectivity index (χ1) is 12.7. The number of ether oxygens (including phenoxy) is 1. The average Bonchev–Trinajstić information content (AvgIpc) is 2.69. The number of guanidine groups is 1. The van der Waals surface area contributed by atoms with E-state index in [2.05, 4.69) is 58.0 Å². The highest BCUT2D eigenvalue weighted by Crippen LogP contribution is 2.16. The number of rotatable bonds is 9. The van der Waals surface area contributed by atoms with Gasteiger partial charge >= 0.3 is 0 Å². The van der Waals surface area contributed by atoms with Crippen LogP contribution in [0.1, 0.15) is 31.2 Å². The summed E-state index contributed by atoms with van der Waals surface area (Å²) in [6.45, 7) is 9.17. The fourth-order valence-corrected chi connectivity index (χ4v) is 3.13. The molecule has 0 radical (unpaired) electrons. The number of aliphatic imine (C=N–C) groups is 1. The summed E-state index contributed by atoms with van der Waals surface area (Å²) in [5.74, 6) is 0.950. The summed E-state index contributed by atoms with van der Waals surface area (Å²) in [4.78, 5) is 8.98. The highest BCUT2D eigenvalue weighted by Gasteiger charge is 2.11. The number of unbranched alkanes of at least 4 members (excludes halogenated alkanes) is 3. The second kappa shape index (κ2) is 11.6. The number of anilines is 1. The fourth-order valence-electron chi connectivity index (χ4n) is 3.13. The van der Waals surface area contributed by atoms with Gasteiger partial charge in [0.05, 0.1) is 13.2 Å². The molecule has 1 aromatic carbocycles. The molecule has 5 nitrogen and oxygen atoms in total. The predicted octanol–water partition coefficient (Wildman–Crippen LogP) is 3.28. The summed E-state index contributed by atoms with van der Waals surface area (Å²) < 4.78 is 5.42. The minimum absolute atomic E-state index is 0.789. The fraction of sp³-hybridized carbons (Fsp3) is 0.571. The molecule has 0 amide bonds. The Morgan fingerprint density at radius 2 is 1.96 bits per heavy atom. The number of morpholine rings is 1. The second-order valence-electron chi connectivity index (χ2n) is 6.73. The molecule has 0 atom stereocenters. The zero-order valence-corrected chi connectivity index (χ0v) is 16.4. The molecule has 0 aliphatic carbocycles. The van der Waals surface area contributed by atoms with Crippen molar-refractivity contribution >= 4 is 11.6 Å². The van der Waals surface area contributed by atoms with E-state index in [0.717, 1.165) is 51.8 Å². The lowest BCUT2D eigenvalue weighted by Crippen LogP contribution is -2.39. The van der Waals surface area contributed by atoms with E-state index in [9.17, 15) is 0 Å². The Labute approximate surface area is 158 Å². The summed E-state index contributed by atoms with van der Waals surface area (Å²) in [5.41, 5.74) is 2.54. The molecule has 1 aliphatic heterocycles. The lowest BCUT2D eigenvalue weighted by Gasteiger charge is -2.29. The number of nitrogens with zero attached hydrogens (tertiary/aromatic N) is 3. The van der Waals surface area contributed by atoms with Crippen molar-refractivity contribution in [1.29, 1.82) is 0 Å². The standard InChI is InChI=1S/C21H34N4O/c1-4-5-6-7-8-13-24(3)21(22-2)23-18-19-9-11-20(12-10-19)25-14-16-26-17-15-25/h4,9-12H,1,5-8,13-18H2,2-3H3,(H,22,23). The number of benzene rings is 1. The van der Waals surface area contributed by atoms with Crippen LogP contribution in [-0.4, -0.2) is 57.8 Å². The van der Waals surface area contributed by atoms with Gasteiger partial charge in [-0.1, -0.05) is 24.6 Å². The zero-order chi connectivity index (χ0) is 18.6. The van der Waals surface area contributed by atoms with Crippen LogP contribution in [0.3, 0.4) is 0 Å². The van der Waals surface area contributed by atoms with Crippen molar-refractivity contribution in [3.05, 3.63) is 42.5 Å². The van der Waals surface area contributed by atoms with Gasteiger partial charge in [-0.25, -0.2) is 0 Å².